The van der Waals surface area contributed by atoms with E-state index in [-0.39, 0.29) is 0 Å². The molecule has 0 amide bonds. The van der Waals surface area contributed by atoms with Gasteiger partial charge >= 0.3 is 0 Å². The van der Waals surface area contributed by atoms with E-state index in [1.807, 2.05) is 6.92 Å². The van der Waals surface area contributed by atoms with Crippen molar-refractivity contribution >= 4 is 16.5 Å². The number of likely N-dealkylation sites (tertiary alicyclic amines) is 1. The SMILES string of the molecule is CC1(O)CCN(Cc2nnc(NN)s2)C1. The maximum atomic E-state index is 9.79. The largest absolute Gasteiger partial charge is 0.389 e. The molecular formula is C8H15N5OS. The number of nitrogens with zero attached hydrogens (tertiary/aromatic N) is 3. The second-order valence-corrected chi connectivity index (χ2v) is 5.16. The van der Waals surface area contributed by atoms with Crippen molar-refractivity contribution in [1.82, 2.24) is 15.1 Å². The Morgan fingerprint density at radius 3 is 3.00 bits per heavy atom. The van der Waals surface area contributed by atoms with Gasteiger partial charge in [-0.2, -0.15) is 0 Å². The van der Waals surface area contributed by atoms with E-state index in [4.69, 9.17) is 5.84 Å². The third-order valence-corrected chi connectivity index (χ3v) is 3.32. The Kier molecular flexibility index (Phi) is 2.87. The number of aromatic nitrogens is 2. The molecular weight excluding hydrogens is 214 g/mol. The lowest BCUT2D eigenvalue weighted by atomic mass is 10.1. The summed E-state index contributed by atoms with van der Waals surface area (Å²) in [6, 6.07) is 0. The summed E-state index contributed by atoms with van der Waals surface area (Å²) in [5.74, 6) is 5.22. The zero-order valence-corrected chi connectivity index (χ0v) is 9.42. The molecule has 6 nitrogen and oxygen atoms in total. The number of nitrogens with two attached hydrogens (primary N) is 1. The van der Waals surface area contributed by atoms with Gasteiger partial charge in [0.1, 0.15) is 5.01 Å². The molecule has 0 spiro atoms. The molecule has 4 N–H and O–H groups in total. The molecule has 1 fully saturated rings. The minimum absolute atomic E-state index is 0.556. The number of nitrogen functional groups attached to an aromatic ring is 1. The minimum Gasteiger partial charge on any atom is -0.389 e. The maximum Gasteiger partial charge on any atom is 0.219 e. The van der Waals surface area contributed by atoms with Crippen molar-refractivity contribution in [1.29, 1.82) is 0 Å². The lowest BCUT2D eigenvalue weighted by molar-refractivity contribution is 0.0678. The molecule has 1 unspecified atom stereocenters. The standard InChI is InChI=1S/C8H15N5OS/c1-8(14)2-3-13(5-8)4-6-11-12-7(10-9)15-6/h14H,2-5,9H2,1H3,(H,10,12). The summed E-state index contributed by atoms with van der Waals surface area (Å²) in [6.45, 7) is 4.19. The molecule has 1 aromatic heterocycles. The molecule has 2 heterocycles. The number of hydrazine groups is 1. The molecule has 0 aromatic carbocycles. The van der Waals surface area contributed by atoms with Gasteiger partial charge in [0.15, 0.2) is 0 Å². The van der Waals surface area contributed by atoms with E-state index < -0.39 is 5.60 Å². The zero-order chi connectivity index (χ0) is 10.9. The maximum absolute atomic E-state index is 9.79. The van der Waals surface area contributed by atoms with Crippen LogP contribution in [0.15, 0.2) is 0 Å². The van der Waals surface area contributed by atoms with Crippen molar-refractivity contribution in [2.75, 3.05) is 18.5 Å². The summed E-state index contributed by atoms with van der Waals surface area (Å²) in [5.41, 5.74) is 1.91. The van der Waals surface area contributed by atoms with Crippen molar-refractivity contribution in [3.05, 3.63) is 5.01 Å². The van der Waals surface area contributed by atoms with Crippen LogP contribution in [0.25, 0.3) is 0 Å². The third kappa shape index (κ3) is 2.63. The Morgan fingerprint density at radius 2 is 2.47 bits per heavy atom. The molecule has 0 bridgehead atoms. The van der Waals surface area contributed by atoms with Crippen LogP contribution in [0, 0.1) is 0 Å². The molecule has 1 saturated heterocycles. The van der Waals surface area contributed by atoms with E-state index in [1.165, 1.54) is 11.3 Å². The summed E-state index contributed by atoms with van der Waals surface area (Å²) < 4.78 is 0. The Morgan fingerprint density at radius 1 is 1.67 bits per heavy atom. The van der Waals surface area contributed by atoms with Gasteiger partial charge in [-0.05, 0) is 13.3 Å². The Labute approximate surface area is 92.1 Å². The molecule has 1 aromatic rings. The van der Waals surface area contributed by atoms with Gasteiger partial charge in [0.05, 0.1) is 12.1 Å². The van der Waals surface area contributed by atoms with E-state index in [1.54, 1.807) is 0 Å². The van der Waals surface area contributed by atoms with Crippen LogP contribution in [0.3, 0.4) is 0 Å². The number of aliphatic hydroxyl groups is 1. The molecule has 1 aliphatic rings. The zero-order valence-electron chi connectivity index (χ0n) is 8.60. The van der Waals surface area contributed by atoms with Gasteiger partial charge < -0.3 is 5.11 Å². The van der Waals surface area contributed by atoms with Crippen molar-refractivity contribution < 1.29 is 5.11 Å². The van der Waals surface area contributed by atoms with Crippen molar-refractivity contribution in [2.45, 2.75) is 25.5 Å². The average molecular weight is 229 g/mol. The fraction of sp³-hybridized carbons (Fsp3) is 0.750. The quantitative estimate of drug-likeness (QED) is 0.490. The number of hydrogen-bond acceptors (Lipinski definition) is 7. The summed E-state index contributed by atoms with van der Waals surface area (Å²) in [6.07, 6.45) is 0.813. The van der Waals surface area contributed by atoms with E-state index in [0.717, 1.165) is 24.5 Å². The normalized spacial score (nSPS) is 27.1. The first-order valence-corrected chi connectivity index (χ1v) is 5.64. The van der Waals surface area contributed by atoms with E-state index >= 15 is 0 Å². The molecule has 1 atom stereocenters. The number of β-amino-alcohol motifs (C(OH)–C–C–N with tert-alkyl or cyclic N) is 1. The van der Waals surface area contributed by atoms with Gasteiger partial charge in [-0.15, -0.1) is 10.2 Å². The molecule has 84 valence electrons. The molecule has 15 heavy (non-hydrogen) atoms. The van der Waals surface area contributed by atoms with E-state index in [2.05, 4.69) is 20.5 Å². The van der Waals surface area contributed by atoms with Crippen molar-refractivity contribution in [3.8, 4) is 0 Å². The van der Waals surface area contributed by atoms with E-state index in [9.17, 15) is 5.11 Å². The summed E-state index contributed by atoms with van der Waals surface area (Å²) >= 11 is 1.44. The van der Waals surface area contributed by atoms with Crippen LogP contribution in [0.4, 0.5) is 5.13 Å². The smallest absolute Gasteiger partial charge is 0.219 e. The Balaban J connectivity index is 1.92. The third-order valence-electron chi connectivity index (χ3n) is 2.48. The van der Waals surface area contributed by atoms with Gasteiger partial charge in [0.25, 0.3) is 0 Å². The van der Waals surface area contributed by atoms with Crippen molar-refractivity contribution in [3.63, 3.8) is 0 Å². The van der Waals surface area contributed by atoms with Gasteiger partial charge in [-0.3, -0.25) is 10.3 Å². The first kappa shape index (κ1) is 10.7. The summed E-state index contributed by atoms with van der Waals surface area (Å²) in [7, 11) is 0. The highest BCUT2D eigenvalue weighted by molar-refractivity contribution is 7.15. The summed E-state index contributed by atoms with van der Waals surface area (Å²) in [4.78, 5) is 2.17. The highest BCUT2D eigenvalue weighted by Gasteiger charge is 2.31. The average Bonchev–Trinajstić information content (AvgIpc) is 2.73. The van der Waals surface area contributed by atoms with Crippen molar-refractivity contribution in [2.24, 2.45) is 5.84 Å². The highest BCUT2D eigenvalue weighted by atomic mass is 32.1. The van der Waals surface area contributed by atoms with Crippen LogP contribution in [-0.4, -0.2) is 38.9 Å². The molecule has 2 rings (SSSR count). The molecule has 1 aliphatic heterocycles. The van der Waals surface area contributed by atoms with Crippen LogP contribution in [-0.2, 0) is 6.54 Å². The molecule has 0 saturated carbocycles. The number of nitrogens with one attached hydrogen (secondary N) is 1. The second-order valence-electron chi connectivity index (χ2n) is 4.10. The number of anilines is 1. The Bertz CT molecular complexity index is 340. The van der Waals surface area contributed by atoms with E-state index in [0.29, 0.717) is 11.7 Å². The first-order valence-electron chi connectivity index (χ1n) is 4.83. The van der Waals surface area contributed by atoms with Gasteiger partial charge in [0.2, 0.25) is 5.13 Å². The summed E-state index contributed by atoms with van der Waals surface area (Å²) in [5, 5.41) is 19.2. The van der Waals surface area contributed by atoms with Crippen LogP contribution in [0.2, 0.25) is 0 Å². The molecule has 0 radical (unpaired) electrons. The fourth-order valence-corrected chi connectivity index (χ4v) is 2.43. The lowest BCUT2D eigenvalue weighted by Gasteiger charge is -2.17. The Hall–Kier alpha value is -0.760. The highest BCUT2D eigenvalue weighted by Crippen LogP contribution is 2.23. The second kappa shape index (κ2) is 4.01. The minimum atomic E-state index is -0.556. The van der Waals surface area contributed by atoms with Gasteiger partial charge in [-0.25, -0.2) is 5.84 Å². The lowest BCUT2D eigenvalue weighted by Crippen LogP contribution is -2.29. The predicted molar refractivity (Wildman–Crippen MR) is 58.2 cm³/mol. The fourth-order valence-electron chi connectivity index (χ4n) is 1.74. The van der Waals surface area contributed by atoms with Gasteiger partial charge in [0, 0.05) is 13.1 Å². The predicted octanol–water partition coefficient (Wildman–Crippen LogP) is -0.220. The van der Waals surface area contributed by atoms with Gasteiger partial charge in [-0.1, -0.05) is 11.3 Å². The molecule has 0 aliphatic carbocycles. The molecule has 7 heteroatoms. The monoisotopic (exact) mass is 229 g/mol. The number of hydrogen-bond donors (Lipinski definition) is 3. The number of rotatable bonds is 3. The van der Waals surface area contributed by atoms with Crippen LogP contribution in [0.5, 0.6) is 0 Å². The van der Waals surface area contributed by atoms with Crippen LogP contribution in [0.1, 0.15) is 18.4 Å². The van der Waals surface area contributed by atoms with Crippen LogP contribution >= 0.6 is 11.3 Å². The van der Waals surface area contributed by atoms with Crippen LogP contribution < -0.4 is 11.3 Å². The topological polar surface area (TPSA) is 87.3 Å². The first-order chi connectivity index (χ1) is 7.09.